The van der Waals surface area contributed by atoms with Crippen LogP contribution in [-0.4, -0.2) is 62.6 Å². The van der Waals surface area contributed by atoms with Gasteiger partial charge in [-0.2, -0.15) is 0 Å². The molecule has 4 heteroatoms. The molecule has 0 aromatic rings. The largest absolute Gasteiger partial charge is 0.396 e. The number of unbranched alkanes of at least 4 members (excludes halogenated alkanes) is 3. The summed E-state index contributed by atoms with van der Waals surface area (Å²) in [5.41, 5.74) is 0. The lowest BCUT2D eigenvalue weighted by Crippen LogP contribution is -2.46. The van der Waals surface area contributed by atoms with Crippen molar-refractivity contribution in [3.05, 3.63) is 0 Å². The third-order valence-electron chi connectivity index (χ3n) is 3.04. The van der Waals surface area contributed by atoms with Crippen molar-refractivity contribution in [1.82, 2.24) is 10.2 Å². The van der Waals surface area contributed by atoms with Crippen LogP contribution >= 0.6 is 0 Å². The smallest absolute Gasteiger partial charge is 0.0826 e. The number of nitrogens with one attached hydrogen (secondary N) is 1. The Labute approximate surface area is 99.0 Å². The van der Waals surface area contributed by atoms with Gasteiger partial charge in [0.05, 0.1) is 12.7 Å². The SMILES string of the molecule is CNCC1CN(CCCCCCO)CCO1. The number of nitrogens with zero attached hydrogens (tertiary/aromatic N) is 1. The Morgan fingerprint density at radius 2 is 2.12 bits per heavy atom. The van der Waals surface area contributed by atoms with Gasteiger partial charge >= 0.3 is 0 Å². The first-order chi connectivity index (χ1) is 7.86. The van der Waals surface area contributed by atoms with Crippen molar-refractivity contribution >= 4 is 0 Å². The number of hydrogen-bond donors (Lipinski definition) is 2. The van der Waals surface area contributed by atoms with Crippen LogP contribution in [0.3, 0.4) is 0 Å². The van der Waals surface area contributed by atoms with E-state index in [2.05, 4.69) is 10.2 Å². The molecule has 1 fully saturated rings. The van der Waals surface area contributed by atoms with Crippen molar-refractivity contribution in [2.75, 3.05) is 46.4 Å². The van der Waals surface area contributed by atoms with Crippen LogP contribution in [0.5, 0.6) is 0 Å². The van der Waals surface area contributed by atoms with Crippen LogP contribution in [0.2, 0.25) is 0 Å². The fourth-order valence-electron chi connectivity index (χ4n) is 2.14. The van der Waals surface area contributed by atoms with Crippen LogP contribution in [0.1, 0.15) is 25.7 Å². The molecule has 96 valence electrons. The van der Waals surface area contributed by atoms with Crippen molar-refractivity contribution in [2.45, 2.75) is 31.8 Å². The number of morpholine rings is 1. The van der Waals surface area contributed by atoms with E-state index < -0.39 is 0 Å². The summed E-state index contributed by atoms with van der Waals surface area (Å²) < 4.78 is 5.66. The van der Waals surface area contributed by atoms with Crippen molar-refractivity contribution in [2.24, 2.45) is 0 Å². The summed E-state index contributed by atoms with van der Waals surface area (Å²) in [6.45, 7) is 5.45. The maximum absolute atomic E-state index is 8.67. The van der Waals surface area contributed by atoms with Crippen LogP contribution in [0.4, 0.5) is 0 Å². The van der Waals surface area contributed by atoms with E-state index in [9.17, 15) is 0 Å². The average Bonchev–Trinajstić information content (AvgIpc) is 2.30. The van der Waals surface area contributed by atoms with E-state index in [-0.39, 0.29) is 0 Å². The summed E-state index contributed by atoms with van der Waals surface area (Å²) in [5, 5.41) is 11.8. The minimum atomic E-state index is 0.335. The van der Waals surface area contributed by atoms with E-state index in [1.807, 2.05) is 7.05 Å². The van der Waals surface area contributed by atoms with Gasteiger partial charge in [-0.3, -0.25) is 4.90 Å². The fraction of sp³-hybridized carbons (Fsp3) is 1.00. The molecule has 0 amide bonds. The Hall–Kier alpha value is -0.160. The Morgan fingerprint density at radius 1 is 1.31 bits per heavy atom. The number of aliphatic hydroxyl groups is 1. The Kier molecular flexibility index (Phi) is 7.76. The molecule has 0 aliphatic carbocycles. The lowest BCUT2D eigenvalue weighted by atomic mass is 10.2. The second kappa shape index (κ2) is 8.93. The third kappa shape index (κ3) is 5.80. The molecule has 1 heterocycles. The molecule has 4 nitrogen and oxygen atoms in total. The number of ether oxygens (including phenoxy) is 1. The Balaban J connectivity index is 2.02. The summed E-state index contributed by atoms with van der Waals surface area (Å²) >= 11 is 0. The quantitative estimate of drug-likeness (QED) is 0.595. The summed E-state index contributed by atoms with van der Waals surface area (Å²) in [7, 11) is 1.97. The van der Waals surface area contributed by atoms with Crippen LogP contribution in [-0.2, 0) is 4.74 Å². The van der Waals surface area contributed by atoms with Gasteiger partial charge in [-0.05, 0) is 26.4 Å². The molecule has 0 saturated carbocycles. The van der Waals surface area contributed by atoms with Crippen LogP contribution in [0.25, 0.3) is 0 Å². The molecule has 0 bridgehead atoms. The molecule has 1 unspecified atom stereocenters. The molecule has 0 spiro atoms. The van der Waals surface area contributed by atoms with E-state index in [0.29, 0.717) is 12.7 Å². The molecule has 2 N–H and O–H groups in total. The van der Waals surface area contributed by atoms with Gasteiger partial charge in [0.1, 0.15) is 0 Å². The average molecular weight is 230 g/mol. The third-order valence-corrected chi connectivity index (χ3v) is 3.04. The predicted octanol–water partition coefficient (Wildman–Crippen LogP) is 0.459. The van der Waals surface area contributed by atoms with Gasteiger partial charge < -0.3 is 15.2 Å². The van der Waals surface area contributed by atoms with Crippen molar-refractivity contribution in [1.29, 1.82) is 0 Å². The first kappa shape index (κ1) is 13.9. The summed E-state index contributed by atoms with van der Waals surface area (Å²) in [4.78, 5) is 2.49. The highest BCUT2D eigenvalue weighted by Gasteiger charge is 2.18. The van der Waals surface area contributed by atoms with Gasteiger partial charge in [-0.1, -0.05) is 12.8 Å². The zero-order valence-corrected chi connectivity index (χ0v) is 10.5. The second-order valence-electron chi connectivity index (χ2n) is 4.49. The molecule has 0 aromatic carbocycles. The van der Waals surface area contributed by atoms with Crippen molar-refractivity contribution < 1.29 is 9.84 Å². The van der Waals surface area contributed by atoms with Gasteiger partial charge in [0.15, 0.2) is 0 Å². The zero-order valence-electron chi connectivity index (χ0n) is 10.5. The molecular formula is C12H26N2O2. The van der Waals surface area contributed by atoms with E-state index >= 15 is 0 Å². The molecule has 1 aliphatic rings. The minimum absolute atomic E-state index is 0.335. The predicted molar refractivity (Wildman–Crippen MR) is 65.7 cm³/mol. The molecule has 0 radical (unpaired) electrons. The molecule has 0 aromatic heterocycles. The Bertz CT molecular complexity index is 165. The highest BCUT2D eigenvalue weighted by Crippen LogP contribution is 2.07. The number of hydrogen-bond acceptors (Lipinski definition) is 4. The van der Waals surface area contributed by atoms with Crippen LogP contribution in [0.15, 0.2) is 0 Å². The molecule has 1 atom stereocenters. The van der Waals surface area contributed by atoms with Crippen molar-refractivity contribution in [3.8, 4) is 0 Å². The van der Waals surface area contributed by atoms with Gasteiger partial charge in [0, 0.05) is 26.2 Å². The number of likely N-dealkylation sites (N-methyl/N-ethyl adjacent to an activating group) is 1. The van der Waals surface area contributed by atoms with Gasteiger partial charge in [-0.15, -0.1) is 0 Å². The summed E-state index contributed by atoms with van der Waals surface area (Å²) in [5.74, 6) is 0. The number of aliphatic hydroxyl groups excluding tert-OH is 1. The molecule has 1 aliphatic heterocycles. The zero-order chi connectivity index (χ0) is 11.6. The first-order valence-electron chi connectivity index (χ1n) is 6.46. The highest BCUT2D eigenvalue weighted by molar-refractivity contribution is 4.72. The molecule has 1 saturated heterocycles. The lowest BCUT2D eigenvalue weighted by Gasteiger charge is -2.32. The maximum atomic E-state index is 8.67. The number of rotatable bonds is 8. The van der Waals surface area contributed by atoms with Crippen LogP contribution in [0, 0.1) is 0 Å². The van der Waals surface area contributed by atoms with Gasteiger partial charge in [-0.25, -0.2) is 0 Å². The van der Waals surface area contributed by atoms with Crippen LogP contribution < -0.4 is 5.32 Å². The normalized spacial score (nSPS) is 22.5. The summed E-state index contributed by atoms with van der Waals surface area (Å²) in [6.07, 6.45) is 4.93. The Morgan fingerprint density at radius 3 is 2.88 bits per heavy atom. The van der Waals surface area contributed by atoms with Gasteiger partial charge in [0.25, 0.3) is 0 Å². The second-order valence-corrected chi connectivity index (χ2v) is 4.49. The molecule has 1 rings (SSSR count). The van der Waals surface area contributed by atoms with Gasteiger partial charge in [0.2, 0.25) is 0 Å². The monoisotopic (exact) mass is 230 g/mol. The lowest BCUT2D eigenvalue weighted by molar-refractivity contribution is -0.0266. The topological polar surface area (TPSA) is 44.7 Å². The van der Waals surface area contributed by atoms with E-state index in [4.69, 9.17) is 9.84 Å². The minimum Gasteiger partial charge on any atom is -0.396 e. The van der Waals surface area contributed by atoms with E-state index in [0.717, 1.165) is 39.1 Å². The van der Waals surface area contributed by atoms with Crippen molar-refractivity contribution in [3.63, 3.8) is 0 Å². The maximum Gasteiger partial charge on any atom is 0.0826 e. The standard InChI is InChI=1S/C12H26N2O2/c1-13-10-12-11-14(7-9-16-12)6-4-2-3-5-8-15/h12-13,15H,2-11H2,1H3. The molecule has 16 heavy (non-hydrogen) atoms. The fourth-order valence-corrected chi connectivity index (χ4v) is 2.14. The summed E-state index contributed by atoms with van der Waals surface area (Å²) in [6, 6.07) is 0. The van der Waals surface area contributed by atoms with E-state index in [1.54, 1.807) is 0 Å². The van der Waals surface area contributed by atoms with E-state index in [1.165, 1.54) is 19.4 Å². The highest BCUT2D eigenvalue weighted by atomic mass is 16.5. The first-order valence-corrected chi connectivity index (χ1v) is 6.46. The molecular weight excluding hydrogens is 204 g/mol.